The van der Waals surface area contributed by atoms with E-state index in [1.54, 1.807) is 0 Å². The molecule has 3 rings (SSSR count). The van der Waals surface area contributed by atoms with Gasteiger partial charge in [0.1, 0.15) is 0 Å². The van der Waals surface area contributed by atoms with Crippen molar-refractivity contribution in [3.63, 3.8) is 0 Å². The minimum absolute atomic E-state index is 0.295. The lowest BCUT2D eigenvalue weighted by molar-refractivity contribution is -0.0533. The largest absolute Gasteiger partial charge is 0.372 e. The summed E-state index contributed by atoms with van der Waals surface area (Å²) in [6, 6.07) is 0. The third-order valence-corrected chi connectivity index (χ3v) is 5.58. The molecule has 3 fully saturated rings. The normalized spacial score (nSPS) is 35.3. The van der Waals surface area contributed by atoms with Crippen LogP contribution in [0, 0.1) is 11.3 Å². The van der Waals surface area contributed by atoms with Crippen molar-refractivity contribution in [1.29, 1.82) is 0 Å². The lowest BCUT2D eigenvalue weighted by Gasteiger charge is -2.32. The average Bonchev–Trinajstić information content (AvgIpc) is 3.00. The maximum atomic E-state index is 6.43. The Hall–Kier alpha value is -0.0800. The maximum absolute atomic E-state index is 6.43. The summed E-state index contributed by atoms with van der Waals surface area (Å²) >= 11 is 0. The van der Waals surface area contributed by atoms with Crippen LogP contribution in [0.1, 0.15) is 64.7 Å². The molecule has 3 aliphatic rings. The third-order valence-electron chi connectivity index (χ3n) is 5.58. The maximum Gasteiger partial charge on any atom is 0.0687 e. The van der Waals surface area contributed by atoms with E-state index in [1.165, 1.54) is 57.8 Å². The van der Waals surface area contributed by atoms with Gasteiger partial charge in [-0.25, -0.2) is 0 Å². The summed E-state index contributed by atoms with van der Waals surface area (Å²) in [5.74, 6) is 0.885. The minimum atomic E-state index is 0.295. The van der Waals surface area contributed by atoms with E-state index in [0.29, 0.717) is 17.1 Å². The molecule has 2 aliphatic carbocycles. The highest BCUT2D eigenvalue weighted by atomic mass is 16.5. The van der Waals surface area contributed by atoms with Crippen LogP contribution >= 0.6 is 0 Å². The molecule has 17 heavy (non-hydrogen) atoms. The van der Waals surface area contributed by atoms with Crippen molar-refractivity contribution in [2.45, 2.75) is 76.4 Å². The van der Waals surface area contributed by atoms with Crippen LogP contribution in [0.2, 0.25) is 0 Å². The van der Waals surface area contributed by atoms with E-state index < -0.39 is 0 Å². The van der Waals surface area contributed by atoms with Crippen LogP contribution in [0.5, 0.6) is 0 Å². The van der Waals surface area contributed by atoms with Crippen molar-refractivity contribution in [2.24, 2.45) is 17.1 Å². The van der Waals surface area contributed by atoms with Gasteiger partial charge in [-0.3, -0.25) is 0 Å². The molecule has 1 heterocycles. The van der Waals surface area contributed by atoms with Crippen LogP contribution in [0.4, 0.5) is 0 Å². The number of ether oxygens (including phenoxy) is 1. The average molecular weight is 237 g/mol. The number of hydrogen-bond acceptors (Lipinski definition) is 2. The van der Waals surface area contributed by atoms with Crippen molar-refractivity contribution in [3.05, 3.63) is 0 Å². The first-order valence-electron chi connectivity index (χ1n) is 7.54. The summed E-state index contributed by atoms with van der Waals surface area (Å²) in [4.78, 5) is 0. The monoisotopic (exact) mass is 237 g/mol. The van der Waals surface area contributed by atoms with Gasteiger partial charge in [-0.05, 0) is 62.8 Å². The van der Waals surface area contributed by atoms with Crippen molar-refractivity contribution in [2.75, 3.05) is 6.54 Å². The molecule has 0 aromatic carbocycles. The first-order chi connectivity index (χ1) is 8.16. The SMILES string of the molecule is CC(CN)(CC1CCC2(CCCC2)O1)C1CC1. The first-order valence-corrected chi connectivity index (χ1v) is 7.54. The van der Waals surface area contributed by atoms with Gasteiger partial charge in [0.25, 0.3) is 0 Å². The molecule has 1 saturated heterocycles. The van der Waals surface area contributed by atoms with Gasteiger partial charge in [-0.1, -0.05) is 19.8 Å². The van der Waals surface area contributed by atoms with Crippen LogP contribution in [0.15, 0.2) is 0 Å². The van der Waals surface area contributed by atoms with Crippen molar-refractivity contribution < 1.29 is 4.74 Å². The Morgan fingerprint density at radius 2 is 1.88 bits per heavy atom. The summed E-state index contributed by atoms with van der Waals surface area (Å²) in [5, 5.41) is 0. The number of hydrogen-bond donors (Lipinski definition) is 1. The van der Waals surface area contributed by atoms with Gasteiger partial charge in [0, 0.05) is 0 Å². The molecule has 2 N–H and O–H groups in total. The highest BCUT2D eigenvalue weighted by molar-refractivity contribution is 4.98. The van der Waals surface area contributed by atoms with Gasteiger partial charge < -0.3 is 10.5 Å². The highest BCUT2D eigenvalue weighted by Crippen LogP contribution is 2.51. The Morgan fingerprint density at radius 3 is 2.47 bits per heavy atom. The summed E-state index contributed by atoms with van der Waals surface area (Å²) in [6.45, 7) is 3.22. The van der Waals surface area contributed by atoms with E-state index in [-0.39, 0.29) is 0 Å². The lowest BCUT2D eigenvalue weighted by Crippen LogP contribution is -2.34. The van der Waals surface area contributed by atoms with E-state index in [1.807, 2.05) is 0 Å². The van der Waals surface area contributed by atoms with Gasteiger partial charge in [0.05, 0.1) is 11.7 Å². The Bertz CT molecular complexity index is 281. The van der Waals surface area contributed by atoms with Crippen LogP contribution in [-0.2, 0) is 4.74 Å². The van der Waals surface area contributed by atoms with Crippen molar-refractivity contribution in [3.8, 4) is 0 Å². The Labute approximate surface area is 105 Å². The minimum Gasteiger partial charge on any atom is -0.372 e. The topological polar surface area (TPSA) is 35.2 Å². The molecule has 2 atom stereocenters. The van der Waals surface area contributed by atoms with Gasteiger partial charge in [0.2, 0.25) is 0 Å². The fraction of sp³-hybridized carbons (Fsp3) is 1.00. The van der Waals surface area contributed by atoms with E-state index in [2.05, 4.69) is 6.92 Å². The van der Waals surface area contributed by atoms with E-state index in [9.17, 15) is 0 Å². The summed E-state index contributed by atoms with van der Waals surface area (Å²) in [7, 11) is 0. The van der Waals surface area contributed by atoms with E-state index in [0.717, 1.165) is 12.5 Å². The number of nitrogens with two attached hydrogens (primary N) is 1. The molecule has 98 valence electrons. The van der Waals surface area contributed by atoms with E-state index in [4.69, 9.17) is 10.5 Å². The summed E-state index contributed by atoms with van der Waals surface area (Å²) in [6.07, 6.45) is 12.5. The second-order valence-electron chi connectivity index (χ2n) is 7.01. The zero-order valence-electron chi connectivity index (χ0n) is 11.2. The fourth-order valence-electron chi connectivity index (χ4n) is 4.14. The summed E-state index contributed by atoms with van der Waals surface area (Å²) in [5.41, 5.74) is 6.67. The third kappa shape index (κ3) is 2.26. The molecule has 2 nitrogen and oxygen atoms in total. The standard InChI is InChI=1S/C15H27NO/c1-14(11-16,12-4-5-12)10-13-6-9-15(17-13)7-2-3-8-15/h12-13H,2-11,16H2,1H3. The molecule has 0 aromatic rings. The second kappa shape index (κ2) is 4.24. The Balaban J connectivity index is 1.59. The highest BCUT2D eigenvalue weighted by Gasteiger charge is 2.47. The molecule has 1 spiro atoms. The first kappa shape index (κ1) is 12.0. The lowest BCUT2D eigenvalue weighted by atomic mass is 9.79. The quantitative estimate of drug-likeness (QED) is 0.814. The van der Waals surface area contributed by atoms with Gasteiger partial charge in [0.15, 0.2) is 0 Å². The molecule has 2 saturated carbocycles. The molecule has 0 radical (unpaired) electrons. The molecule has 0 amide bonds. The molecule has 0 aromatic heterocycles. The van der Waals surface area contributed by atoms with Gasteiger partial charge >= 0.3 is 0 Å². The fourth-order valence-corrected chi connectivity index (χ4v) is 4.14. The van der Waals surface area contributed by atoms with Crippen LogP contribution < -0.4 is 5.73 Å². The molecule has 1 aliphatic heterocycles. The second-order valence-corrected chi connectivity index (χ2v) is 7.01. The Morgan fingerprint density at radius 1 is 1.18 bits per heavy atom. The Kier molecular flexibility index (Phi) is 2.99. The predicted octanol–water partition coefficient (Wildman–Crippen LogP) is 3.24. The molecular weight excluding hydrogens is 210 g/mol. The smallest absolute Gasteiger partial charge is 0.0687 e. The van der Waals surface area contributed by atoms with E-state index >= 15 is 0 Å². The van der Waals surface area contributed by atoms with Crippen LogP contribution in [0.25, 0.3) is 0 Å². The van der Waals surface area contributed by atoms with Crippen molar-refractivity contribution in [1.82, 2.24) is 0 Å². The summed E-state index contributed by atoms with van der Waals surface area (Å²) < 4.78 is 6.43. The van der Waals surface area contributed by atoms with Gasteiger partial charge in [-0.2, -0.15) is 0 Å². The molecule has 0 bridgehead atoms. The number of rotatable bonds is 4. The molecule has 2 unspecified atom stereocenters. The molecule has 2 heteroatoms. The van der Waals surface area contributed by atoms with Crippen LogP contribution in [0.3, 0.4) is 0 Å². The predicted molar refractivity (Wildman–Crippen MR) is 69.8 cm³/mol. The molecular formula is C15H27NO. The van der Waals surface area contributed by atoms with Crippen molar-refractivity contribution >= 4 is 0 Å². The van der Waals surface area contributed by atoms with Gasteiger partial charge in [-0.15, -0.1) is 0 Å². The van der Waals surface area contributed by atoms with Crippen LogP contribution in [-0.4, -0.2) is 18.2 Å². The zero-order valence-corrected chi connectivity index (χ0v) is 11.2. The zero-order chi connectivity index (χ0) is 11.9.